The van der Waals surface area contributed by atoms with E-state index in [0.29, 0.717) is 10.7 Å². The Morgan fingerprint density at radius 3 is 2.44 bits per heavy atom. The van der Waals surface area contributed by atoms with Crippen LogP contribution in [0.4, 0.5) is 5.69 Å². The Kier molecular flexibility index (Phi) is 4.65. The average molecular weight is 434 g/mol. The summed E-state index contributed by atoms with van der Waals surface area (Å²) in [5.41, 5.74) is 2.22. The number of hydrogen-bond donors (Lipinski definition) is 1. The molecule has 1 aromatic carbocycles. The van der Waals surface area contributed by atoms with Crippen molar-refractivity contribution in [2.75, 3.05) is 12.4 Å². The van der Waals surface area contributed by atoms with E-state index in [1.54, 1.807) is 7.11 Å². The minimum absolute atomic E-state index is 0.0357. The third kappa shape index (κ3) is 3.79. The van der Waals surface area contributed by atoms with Crippen molar-refractivity contribution in [3.05, 3.63) is 23.8 Å². The summed E-state index contributed by atoms with van der Waals surface area (Å²) in [7, 11) is 1.66. The van der Waals surface area contributed by atoms with Crippen LogP contribution in [0.3, 0.4) is 0 Å². The molecule has 2 unspecified atom stereocenters. The largest absolute Gasteiger partial charge is 0.495 e. The van der Waals surface area contributed by atoms with Crippen molar-refractivity contribution in [3.8, 4) is 5.75 Å². The second kappa shape index (κ2) is 6.50. The molecule has 1 aromatic rings. The van der Waals surface area contributed by atoms with Crippen molar-refractivity contribution < 1.29 is 9.53 Å². The van der Waals surface area contributed by atoms with Gasteiger partial charge in [-0.25, -0.2) is 0 Å². The van der Waals surface area contributed by atoms with Gasteiger partial charge in [-0.3, -0.25) is 4.79 Å². The number of alkyl halides is 1. The van der Waals surface area contributed by atoms with Crippen LogP contribution in [-0.2, 0) is 10.2 Å². The van der Waals surface area contributed by atoms with Gasteiger partial charge in [0.05, 0.1) is 12.8 Å². The van der Waals surface area contributed by atoms with Gasteiger partial charge in [-0.05, 0) is 78.9 Å². The second-order valence-corrected chi connectivity index (χ2v) is 12.2. The summed E-state index contributed by atoms with van der Waals surface area (Å²) in [5.74, 6) is 2.48. The molecule has 4 aliphatic carbocycles. The first-order valence-corrected chi connectivity index (χ1v) is 11.1. The first-order chi connectivity index (χ1) is 12.6. The van der Waals surface area contributed by atoms with Crippen molar-refractivity contribution in [3.63, 3.8) is 0 Å². The first-order valence-electron chi connectivity index (χ1n) is 10.3. The molecule has 0 radical (unpaired) electrons. The summed E-state index contributed by atoms with van der Waals surface area (Å²) in [6, 6.07) is 6.12. The lowest BCUT2D eigenvalue weighted by molar-refractivity contribution is -0.123. The normalized spacial score (nSPS) is 34.6. The Balaban J connectivity index is 1.52. The second-order valence-electron chi connectivity index (χ2n) is 10.5. The van der Waals surface area contributed by atoms with Crippen LogP contribution in [-0.4, -0.2) is 17.3 Å². The molecule has 4 aliphatic rings. The third-order valence-electron chi connectivity index (χ3n) is 6.99. The summed E-state index contributed by atoms with van der Waals surface area (Å²) in [4.78, 5) is 13.0. The summed E-state index contributed by atoms with van der Waals surface area (Å²) in [5, 5.41) is 3.18. The van der Waals surface area contributed by atoms with Crippen molar-refractivity contribution >= 4 is 27.5 Å². The van der Waals surface area contributed by atoms with E-state index in [0.717, 1.165) is 29.7 Å². The van der Waals surface area contributed by atoms with E-state index < -0.39 is 0 Å². The van der Waals surface area contributed by atoms with Gasteiger partial charge < -0.3 is 10.1 Å². The smallest absolute Gasteiger partial charge is 0.225 e. The fourth-order valence-electron chi connectivity index (χ4n) is 6.35. The van der Waals surface area contributed by atoms with Gasteiger partial charge in [-0.15, -0.1) is 0 Å². The number of amides is 1. The van der Waals surface area contributed by atoms with Crippen LogP contribution in [0.25, 0.3) is 0 Å². The monoisotopic (exact) mass is 433 g/mol. The van der Waals surface area contributed by atoms with Gasteiger partial charge in [0.2, 0.25) is 5.91 Å². The van der Waals surface area contributed by atoms with Crippen LogP contribution >= 0.6 is 15.9 Å². The summed E-state index contributed by atoms with van der Waals surface area (Å²) in [6.45, 7) is 6.56. The van der Waals surface area contributed by atoms with Crippen molar-refractivity contribution in [1.29, 1.82) is 0 Å². The molecule has 0 spiro atoms. The van der Waals surface area contributed by atoms with Gasteiger partial charge in [0.15, 0.2) is 0 Å². The van der Waals surface area contributed by atoms with E-state index in [-0.39, 0.29) is 16.7 Å². The van der Waals surface area contributed by atoms with Gasteiger partial charge in [-0.1, -0.05) is 42.8 Å². The van der Waals surface area contributed by atoms with E-state index in [1.807, 2.05) is 6.07 Å². The van der Waals surface area contributed by atoms with Gasteiger partial charge >= 0.3 is 0 Å². The Labute approximate surface area is 171 Å². The standard InChI is InChI=1S/C23H32BrNO2/c1-21(2,3)17-5-6-19(27-4)18(8-17)25-20(26)13-22-9-15-7-16(10-22)12-23(24,11-15)14-22/h5-6,8,15-16H,7,9-14H2,1-4H3,(H,25,26)/t15-,16+,22?,23?. The zero-order valence-electron chi connectivity index (χ0n) is 17.0. The highest BCUT2D eigenvalue weighted by atomic mass is 79.9. The van der Waals surface area contributed by atoms with Crippen molar-refractivity contribution in [2.45, 2.75) is 75.5 Å². The highest BCUT2D eigenvalue weighted by molar-refractivity contribution is 9.10. The number of rotatable bonds is 4. The van der Waals surface area contributed by atoms with Crippen LogP contribution in [0, 0.1) is 17.3 Å². The lowest BCUT2D eigenvalue weighted by Gasteiger charge is -2.60. The third-order valence-corrected chi connectivity index (χ3v) is 7.91. The van der Waals surface area contributed by atoms with Crippen molar-refractivity contribution in [2.24, 2.45) is 17.3 Å². The Bertz CT molecular complexity index is 737. The number of ether oxygens (including phenoxy) is 1. The van der Waals surface area contributed by atoms with E-state index in [4.69, 9.17) is 4.74 Å². The topological polar surface area (TPSA) is 38.3 Å². The SMILES string of the molecule is COc1ccc(C(C)(C)C)cc1NC(=O)CC12C[C@@H]3C[C@@H](CC(Br)(C3)C1)C2. The molecule has 0 aromatic heterocycles. The zero-order chi connectivity index (χ0) is 19.4. The Morgan fingerprint density at radius 1 is 1.22 bits per heavy atom. The molecule has 148 valence electrons. The van der Waals surface area contributed by atoms with Crippen LogP contribution < -0.4 is 10.1 Å². The van der Waals surface area contributed by atoms with E-state index in [1.165, 1.54) is 37.7 Å². The zero-order valence-corrected chi connectivity index (χ0v) is 18.6. The van der Waals surface area contributed by atoms with Gasteiger partial charge in [0, 0.05) is 10.7 Å². The van der Waals surface area contributed by atoms with Crippen molar-refractivity contribution in [1.82, 2.24) is 0 Å². The fraction of sp³-hybridized carbons (Fsp3) is 0.696. The lowest BCUT2D eigenvalue weighted by Crippen LogP contribution is -2.53. The molecular formula is C23H32BrNO2. The number of methoxy groups -OCH3 is 1. The van der Waals surface area contributed by atoms with Gasteiger partial charge in [0.1, 0.15) is 5.75 Å². The molecule has 4 heteroatoms. The fourth-order valence-corrected chi connectivity index (χ4v) is 7.86. The summed E-state index contributed by atoms with van der Waals surface area (Å²) < 4.78 is 5.79. The van der Waals surface area contributed by atoms with Crippen LogP contribution in [0.15, 0.2) is 18.2 Å². The number of benzene rings is 1. The molecule has 0 saturated heterocycles. The molecule has 1 amide bonds. The molecule has 1 N–H and O–H groups in total. The highest BCUT2D eigenvalue weighted by Gasteiger charge is 2.57. The van der Waals surface area contributed by atoms with Gasteiger partial charge in [-0.2, -0.15) is 0 Å². The molecule has 4 saturated carbocycles. The summed E-state index contributed by atoms with van der Waals surface area (Å²) >= 11 is 4.05. The predicted octanol–water partition coefficient (Wildman–Crippen LogP) is 6.06. The lowest BCUT2D eigenvalue weighted by atomic mass is 9.48. The summed E-state index contributed by atoms with van der Waals surface area (Å²) in [6.07, 6.45) is 8.21. The number of carbonyl (C=O) groups is 1. The number of hydrogen-bond acceptors (Lipinski definition) is 2. The van der Waals surface area contributed by atoms with Crippen LogP contribution in [0.2, 0.25) is 0 Å². The Hall–Kier alpha value is -1.03. The van der Waals surface area contributed by atoms with Crippen LogP contribution in [0.5, 0.6) is 5.75 Å². The molecule has 0 aliphatic heterocycles. The molecular weight excluding hydrogens is 402 g/mol. The maximum absolute atomic E-state index is 13.0. The minimum atomic E-state index is 0.0357. The van der Waals surface area contributed by atoms with Gasteiger partial charge in [0.25, 0.3) is 0 Å². The first kappa shape index (κ1) is 19.3. The maximum Gasteiger partial charge on any atom is 0.225 e. The number of carbonyl (C=O) groups excluding carboxylic acids is 1. The quantitative estimate of drug-likeness (QED) is 0.586. The molecule has 4 fully saturated rings. The molecule has 3 nitrogen and oxygen atoms in total. The Morgan fingerprint density at radius 2 is 1.89 bits per heavy atom. The number of halogens is 1. The highest BCUT2D eigenvalue weighted by Crippen LogP contribution is 2.65. The van der Waals surface area contributed by atoms with Crippen LogP contribution in [0.1, 0.15) is 71.3 Å². The number of nitrogens with one attached hydrogen (secondary N) is 1. The molecule has 27 heavy (non-hydrogen) atoms. The molecule has 5 rings (SSSR count). The van der Waals surface area contributed by atoms with E-state index >= 15 is 0 Å². The molecule has 4 bridgehead atoms. The average Bonchev–Trinajstić information content (AvgIpc) is 2.50. The van der Waals surface area contributed by atoms with E-state index in [9.17, 15) is 4.79 Å². The number of anilines is 1. The van der Waals surface area contributed by atoms with E-state index in [2.05, 4.69) is 54.2 Å². The molecule has 4 atom stereocenters. The molecule has 0 heterocycles. The maximum atomic E-state index is 13.0. The predicted molar refractivity (Wildman–Crippen MR) is 114 cm³/mol. The minimum Gasteiger partial charge on any atom is -0.495 e.